The molecular formula is C11H15N3. The Bertz CT molecular complexity index is 423. The van der Waals surface area contributed by atoms with E-state index in [9.17, 15) is 0 Å². The van der Waals surface area contributed by atoms with Crippen LogP contribution in [0.2, 0.25) is 0 Å². The molecule has 1 heterocycles. The molecule has 0 radical (unpaired) electrons. The van der Waals surface area contributed by atoms with Gasteiger partial charge in [0.1, 0.15) is 0 Å². The minimum absolute atomic E-state index is 1.01. The van der Waals surface area contributed by atoms with Gasteiger partial charge in [-0.2, -0.15) is 0 Å². The van der Waals surface area contributed by atoms with E-state index in [2.05, 4.69) is 41.3 Å². The van der Waals surface area contributed by atoms with Crippen LogP contribution in [0.4, 0.5) is 5.69 Å². The molecule has 0 atom stereocenters. The molecule has 0 saturated heterocycles. The quantitative estimate of drug-likeness (QED) is 0.631. The second-order valence-electron chi connectivity index (χ2n) is 3.31. The Kier molecular flexibility index (Phi) is 2.58. The Labute approximate surface area is 83.5 Å². The molecular weight excluding hydrogens is 174 g/mol. The molecule has 1 aromatic rings. The van der Waals surface area contributed by atoms with Gasteiger partial charge in [0.25, 0.3) is 0 Å². The lowest BCUT2D eigenvalue weighted by Gasteiger charge is -2.10. The predicted molar refractivity (Wildman–Crippen MR) is 59.7 cm³/mol. The van der Waals surface area contributed by atoms with Crippen LogP contribution in [0.15, 0.2) is 18.2 Å². The first-order valence-electron chi connectivity index (χ1n) is 4.96. The van der Waals surface area contributed by atoms with Crippen molar-refractivity contribution in [3.8, 4) is 0 Å². The first-order chi connectivity index (χ1) is 6.92. The maximum atomic E-state index is 3.40. The fourth-order valence-electron chi connectivity index (χ4n) is 1.52. The summed E-state index contributed by atoms with van der Waals surface area (Å²) in [7, 11) is 0. The summed E-state index contributed by atoms with van der Waals surface area (Å²) in [5.41, 5.74) is 7.14. The summed E-state index contributed by atoms with van der Waals surface area (Å²) >= 11 is 0. The molecule has 0 bridgehead atoms. The number of nitrogens with one attached hydrogen (secondary N) is 3. The molecule has 1 aliphatic heterocycles. The van der Waals surface area contributed by atoms with Crippen LogP contribution in [-0.4, -0.2) is 6.54 Å². The highest BCUT2D eigenvalue weighted by atomic mass is 15.3. The fourth-order valence-corrected chi connectivity index (χ4v) is 1.52. The number of fused-ring (bicyclic) bond motifs is 1. The van der Waals surface area contributed by atoms with Crippen molar-refractivity contribution in [2.24, 2.45) is 0 Å². The average molecular weight is 189 g/mol. The molecule has 3 nitrogen and oxygen atoms in total. The average Bonchev–Trinajstić information content (AvgIpc) is 2.26. The van der Waals surface area contributed by atoms with Gasteiger partial charge in [-0.1, -0.05) is 19.1 Å². The highest BCUT2D eigenvalue weighted by Crippen LogP contribution is 1.96. The van der Waals surface area contributed by atoms with Crippen molar-refractivity contribution in [1.82, 2.24) is 10.9 Å². The van der Waals surface area contributed by atoms with Crippen LogP contribution < -0.4 is 26.6 Å². The van der Waals surface area contributed by atoms with Crippen LogP contribution in [-0.2, 0) is 0 Å². The minimum Gasteiger partial charge on any atom is -0.385 e. The van der Waals surface area contributed by atoms with Gasteiger partial charge in [-0.05, 0) is 12.5 Å². The molecule has 0 spiro atoms. The summed E-state index contributed by atoms with van der Waals surface area (Å²) in [4.78, 5) is 0. The van der Waals surface area contributed by atoms with Gasteiger partial charge in [0.05, 0.1) is 0 Å². The zero-order valence-corrected chi connectivity index (χ0v) is 8.30. The molecule has 1 aliphatic rings. The van der Waals surface area contributed by atoms with Gasteiger partial charge in [-0.25, -0.2) is 0 Å². The molecule has 0 aromatic heterocycles. The van der Waals surface area contributed by atoms with Gasteiger partial charge in [0.15, 0.2) is 0 Å². The van der Waals surface area contributed by atoms with Crippen LogP contribution in [0, 0.1) is 0 Å². The van der Waals surface area contributed by atoms with Gasteiger partial charge >= 0.3 is 0 Å². The fraction of sp³-hybridized carbons (Fsp3) is 0.273. The molecule has 2 rings (SSSR count). The van der Waals surface area contributed by atoms with Gasteiger partial charge in [-0.3, -0.25) is 0 Å². The Morgan fingerprint density at radius 1 is 1.21 bits per heavy atom. The van der Waals surface area contributed by atoms with Crippen LogP contribution in [0.1, 0.15) is 13.3 Å². The third kappa shape index (κ3) is 1.66. The van der Waals surface area contributed by atoms with E-state index in [1.54, 1.807) is 0 Å². The topological polar surface area (TPSA) is 36.1 Å². The van der Waals surface area contributed by atoms with Gasteiger partial charge in [0.2, 0.25) is 0 Å². The second-order valence-corrected chi connectivity index (χ2v) is 3.31. The van der Waals surface area contributed by atoms with E-state index >= 15 is 0 Å². The van der Waals surface area contributed by atoms with Crippen molar-refractivity contribution in [2.75, 3.05) is 11.9 Å². The summed E-state index contributed by atoms with van der Waals surface area (Å²) < 4.78 is 0. The molecule has 0 amide bonds. The molecule has 74 valence electrons. The molecule has 0 saturated carbocycles. The molecule has 3 heteroatoms. The van der Waals surface area contributed by atoms with Crippen LogP contribution in [0.5, 0.6) is 0 Å². The number of hydrogen-bond acceptors (Lipinski definition) is 3. The first-order valence-corrected chi connectivity index (χ1v) is 4.96. The zero-order chi connectivity index (χ0) is 9.80. The van der Waals surface area contributed by atoms with Gasteiger partial charge in [0, 0.05) is 35.1 Å². The second kappa shape index (κ2) is 4.05. The maximum absolute atomic E-state index is 3.40. The Hall–Kier alpha value is -1.64. The number of benzene rings is 1. The van der Waals surface area contributed by atoms with Crippen LogP contribution in [0.3, 0.4) is 0 Å². The van der Waals surface area contributed by atoms with E-state index < -0.39 is 0 Å². The summed E-state index contributed by atoms with van der Waals surface area (Å²) in [6.45, 7) is 3.18. The van der Waals surface area contributed by atoms with Crippen LogP contribution in [0.25, 0.3) is 12.4 Å². The van der Waals surface area contributed by atoms with Crippen molar-refractivity contribution in [3.63, 3.8) is 0 Å². The van der Waals surface area contributed by atoms with E-state index in [0.29, 0.717) is 0 Å². The zero-order valence-electron chi connectivity index (χ0n) is 8.30. The SMILES string of the molecule is CCCNc1cccc2c1=CNNC=2. The molecule has 0 aliphatic carbocycles. The smallest absolute Gasteiger partial charge is 0.0435 e. The normalized spacial score (nSPS) is 12.6. The largest absolute Gasteiger partial charge is 0.385 e. The molecule has 14 heavy (non-hydrogen) atoms. The monoisotopic (exact) mass is 189 g/mol. The molecule has 0 fully saturated rings. The number of hydrogen-bond donors (Lipinski definition) is 3. The van der Waals surface area contributed by atoms with Crippen molar-refractivity contribution in [1.29, 1.82) is 0 Å². The summed E-state index contributed by atoms with van der Waals surface area (Å²) in [6.07, 6.45) is 5.08. The molecule has 1 aromatic carbocycles. The highest BCUT2D eigenvalue weighted by Gasteiger charge is 1.97. The molecule has 0 unspecified atom stereocenters. The lowest BCUT2D eigenvalue weighted by Crippen LogP contribution is -2.40. The van der Waals surface area contributed by atoms with Gasteiger partial charge in [-0.15, -0.1) is 0 Å². The lowest BCUT2D eigenvalue weighted by atomic mass is 10.2. The van der Waals surface area contributed by atoms with Crippen molar-refractivity contribution in [2.45, 2.75) is 13.3 Å². The third-order valence-corrected chi connectivity index (χ3v) is 2.23. The number of rotatable bonds is 3. The van der Waals surface area contributed by atoms with Crippen molar-refractivity contribution < 1.29 is 0 Å². The summed E-state index contributed by atoms with van der Waals surface area (Å²) in [5, 5.41) is 5.84. The van der Waals surface area contributed by atoms with Crippen LogP contribution >= 0.6 is 0 Å². The number of anilines is 1. The minimum atomic E-state index is 1.01. The number of hydrazine groups is 1. The van der Waals surface area contributed by atoms with E-state index in [4.69, 9.17) is 0 Å². The Morgan fingerprint density at radius 3 is 2.93 bits per heavy atom. The van der Waals surface area contributed by atoms with Crippen molar-refractivity contribution in [3.05, 3.63) is 28.6 Å². The van der Waals surface area contributed by atoms with E-state index in [1.165, 1.54) is 16.1 Å². The standard InChI is InChI=1S/C11H15N3/c1-2-6-12-11-5-3-4-9-7-13-14-8-10(9)11/h3-5,7-8,12-14H,2,6H2,1H3. The van der Waals surface area contributed by atoms with E-state index in [1.807, 2.05) is 12.4 Å². The maximum Gasteiger partial charge on any atom is 0.0435 e. The molecule has 3 N–H and O–H groups in total. The highest BCUT2D eigenvalue weighted by molar-refractivity contribution is 5.51. The van der Waals surface area contributed by atoms with E-state index in [-0.39, 0.29) is 0 Å². The first kappa shape index (κ1) is 8.94. The lowest BCUT2D eigenvalue weighted by molar-refractivity contribution is 0.843. The summed E-state index contributed by atoms with van der Waals surface area (Å²) in [6, 6.07) is 6.26. The van der Waals surface area contributed by atoms with E-state index in [0.717, 1.165) is 13.0 Å². The Morgan fingerprint density at radius 2 is 2.07 bits per heavy atom. The summed E-state index contributed by atoms with van der Waals surface area (Å²) in [5.74, 6) is 0. The van der Waals surface area contributed by atoms with Crippen molar-refractivity contribution >= 4 is 18.1 Å². The third-order valence-electron chi connectivity index (χ3n) is 2.23. The van der Waals surface area contributed by atoms with Gasteiger partial charge < -0.3 is 16.2 Å². The Balaban J connectivity index is 2.42. The predicted octanol–water partition coefficient (Wildman–Crippen LogP) is 0.0923.